The second-order valence-corrected chi connectivity index (χ2v) is 8.03. The molecule has 0 radical (unpaired) electrons. The van der Waals surface area contributed by atoms with E-state index >= 15 is 0 Å². The molecule has 0 bridgehead atoms. The number of para-hydroxylation sites is 1. The van der Waals surface area contributed by atoms with Gasteiger partial charge in [0.2, 0.25) is 0 Å². The molecule has 6 nitrogen and oxygen atoms in total. The van der Waals surface area contributed by atoms with E-state index < -0.39 is 11.5 Å². The van der Waals surface area contributed by atoms with E-state index in [0.29, 0.717) is 24.0 Å². The molecule has 174 valence electrons. The number of nitrogens with one attached hydrogen (secondary N) is 1. The number of carbonyl (C=O) groups is 1. The minimum absolute atomic E-state index is 0. The maximum absolute atomic E-state index is 13.2. The molecule has 0 unspecified atom stereocenters. The lowest BCUT2D eigenvalue weighted by Gasteiger charge is -2.35. The third-order valence-electron chi connectivity index (χ3n) is 6.49. The van der Waals surface area contributed by atoms with Crippen LogP contribution >= 0.6 is 0 Å². The molecule has 0 aliphatic rings. The zero-order valence-corrected chi connectivity index (χ0v) is 21.6. The average Bonchev–Trinajstić information content (AvgIpc) is 2.76. The summed E-state index contributed by atoms with van der Waals surface area (Å²) in [6.07, 6.45) is 4.13. The number of hydrogen-bond acceptors (Lipinski definition) is 3. The summed E-state index contributed by atoms with van der Waals surface area (Å²) in [4.78, 5) is 26.1. The van der Waals surface area contributed by atoms with E-state index in [0.717, 1.165) is 56.3 Å². The third kappa shape index (κ3) is 6.44. The molecular weight excluding hydrogens is 505 g/mol. The van der Waals surface area contributed by atoms with Crippen molar-refractivity contribution in [1.82, 2.24) is 9.88 Å². The van der Waals surface area contributed by atoms with Crippen LogP contribution in [0.1, 0.15) is 63.7 Å². The minimum atomic E-state index is -0.494. The van der Waals surface area contributed by atoms with Crippen molar-refractivity contribution in [2.24, 2.45) is 0 Å². The van der Waals surface area contributed by atoms with Gasteiger partial charge < -0.3 is 43.5 Å². The molecule has 2 N–H and O–H groups in total. The highest BCUT2D eigenvalue weighted by molar-refractivity contribution is 6.02. The van der Waals surface area contributed by atoms with Gasteiger partial charge in [0, 0.05) is 11.9 Å². The van der Waals surface area contributed by atoms with E-state index in [2.05, 4.69) is 33.0 Å². The lowest BCUT2D eigenvalue weighted by molar-refractivity contribution is -0.922. The van der Waals surface area contributed by atoms with Crippen molar-refractivity contribution in [3.05, 3.63) is 40.2 Å². The maximum Gasteiger partial charge on any atom is 0.267 e. The molecule has 0 spiro atoms. The van der Waals surface area contributed by atoms with Crippen molar-refractivity contribution < 1.29 is 38.4 Å². The summed E-state index contributed by atoms with van der Waals surface area (Å²) in [6.45, 7) is 13.4. The first-order chi connectivity index (χ1) is 14.4. The number of pyridine rings is 1. The Hall–Kier alpha value is -1.61. The molecule has 1 heterocycles. The molecule has 0 saturated heterocycles. The van der Waals surface area contributed by atoms with Gasteiger partial charge >= 0.3 is 0 Å². The van der Waals surface area contributed by atoms with Crippen molar-refractivity contribution in [2.45, 2.75) is 59.9 Å². The number of benzene rings is 1. The summed E-state index contributed by atoms with van der Waals surface area (Å²) in [5.74, 6) is -0.716. The van der Waals surface area contributed by atoms with Crippen LogP contribution in [-0.4, -0.2) is 52.8 Å². The van der Waals surface area contributed by atoms with Crippen LogP contribution in [0.5, 0.6) is 5.75 Å². The van der Waals surface area contributed by atoms with Crippen LogP contribution in [0.4, 0.5) is 0 Å². The van der Waals surface area contributed by atoms with Crippen molar-refractivity contribution in [3.8, 4) is 5.75 Å². The predicted octanol–water partition coefficient (Wildman–Crippen LogP) is 0.898. The molecule has 1 amide bonds. The number of amides is 1. The normalized spacial score (nSPS) is 11.4. The maximum atomic E-state index is 13.2. The monoisotopic (exact) mass is 543 g/mol. The number of carbonyl (C=O) groups excluding carboxylic acids is 1. The Labute approximate surface area is 203 Å². The Bertz CT molecular complexity index is 899. The Kier molecular flexibility index (Phi) is 11.5. The van der Waals surface area contributed by atoms with Crippen LogP contribution in [0.3, 0.4) is 0 Å². The molecule has 2 rings (SSSR count). The van der Waals surface area contributed by atoms with Gasteiger partial charge in [0.05, 0.1) is 38.2 Å². The lowest BCUT2D eigenvalue weighted by atomic mass is 10.1. The SMILES string of the molecule is CCCCCCn1c(=O)c(C(=O)NCC[N+](CC)(CC)CC)c(O)c2ccccc21.[I-]. The molecule has 1 aromatic heterocycles. The number of aromatic hydroxyl groups is 1. The van der Waals surface area contributed by atoms with Crippen LogP contribution in [0.25, 0.3) is 10.9 Å². The second-order valence-electron chi connectivity index (χ2n) is 8.03. The van der Waals surface area contributed by atoms with Crippen molar-refractivity contribution in [2.75, 3.05) is 32.7 Å². The lowest BCUT2D eigenvalue weighted by Crippen LogP contribution is -3.00. The number of unbranched alkanes of at least 4 members (excludes halogenated alkanes) is 3. The smallest absolute Gasteiger partial charge is 0.267 e. The molecule has 0 fully saturated rings. The number of halogens is 1. The van der Waals surface area contributed by atoms with Crippen molar-refractivity contribution in [3.63, 3.8) is 0 Å². The molecule has 7 heteroatoms. The number of likely N-dealkylation sites (N-methyl/N-ethyl adjacent to an activating group) is 1. The van der Waals surface area contributed by atoms with E-state index in [4.69, 9.17) is 0 Å². The van der Waals surface area contributed by atoms with Crippen LogP contribution in [-0.2, 0) is 6.54 Å². The first-order valence-electron chi connectivity index (χ1n) is 11.4. The molecule has 31 heavy (non-hydrogen) atoms. The number of quaternary nitrogens is 1. The van der Waals surface area contributed by atoms with Crippen LogP contribution in [0.2, 0.25) is 0 Å². The third-order valence-corrected chi connectivity index (χ3v) is 6.49. The van der Waals surface area contributed by atoms with Crippen molar-refractivity contribution in [1.29, 1.82) is 0 Å². The van der Waals surface area contributed by atoms with E-state index in [-0.39, 0.29) is 35.3 Å². The number of aromatic nitrogens is 1. The first kappa shape index (κ1) is 27.4. The quantitative estimate of drug-likeness (QED) is 0.238. The summed E-state index contributed by atoms with van der Waals surface area (Å²) in [6, 6.07) is 7.25. The van der Waals surface area contributed by atoms with E-state index in [1.165, 1.54) is 0 Å². The fourth-order valence-corrected chi connectivity index (χ4v) is 4.15. The van der Waals surface area contributed by atoms with Gasteiger partial charge in [0.1, 0.15) is 11.3 Å². The van der Waals surface area contributed by atoms with E-state index in [1.807, 2.05) is 18.2 Å². The van der Waals surface area contributed by atoms with Gasteiger partial charge in [0.25, 0.3) is 11.5 Å². The topological polar surface area (TPSA) is 71.3 Å². The summed E-state index contributed by atoms with van der Waals surface area (Å²) in [5, 5.41) is 14.2. The number of aryl methyl sites for hydroxylation is 1. The van der Waals surface area contributed by atoms with Gasteiger partial charge in [-0.15, -0.1) is 0 Å². The van der Waals surface area contributed by atoms with Gasteiger partial charge in [0.15, 0.2) is 0 Å². The number of fused-ring (bicyclic) bond motifs is 1. The van der Waals surface area contributed by atoms with Gasteiger partial charge in [-0.3, -0.25) is 9.59 Å². The highest BCUT2D eigenvalue weighted by Crippen LogP contribution is 2.26. The second kappa shape index (κ2) is 13.1. The van der Waals surface area contributed by atoms with Crippen LogP contribution in [0.15, 0.2) is 29.1 Å². The summed E-state index contributed by atoms with van der Waals surface area (Å²) in [7, 11) is 0. The van der Waals surface area contributed by atoms with Crippen molar-refractivity contribution >= 4 is 16.8 Å². The largest absolute Gasteiger partial charge is 1.00 e. The molecule has 0 atom stereocenters. The molecule has 1 aromatic carbocycles. The van der Waals surface area contributed by atoms with Gasteiger partial charge in [-0.05, 0) is 39.3 Å². The fourth-order valence-electron chi connectivity index (χ4n) is 4.15. The van der Waals surface area contributed by atoms with Crippen LogP contribution in [0, 0.1) is 0 Å². The fraction of sp³-hybridized carbons (Fsp3) is 0.583. The van der Waals surface area contributed by atoms with Gasteiger partial charge in [-0.2, -0.15) is 0 Å². The highest BCUT2D eigenvalue weighted by atomic mass is 127. The van der Waals surface area contributed by atoms with Crippen LogP contribution < -0.4 is 34.9 Å². The first-order valence-corrected chi connectivity index (χ1v) is 11.4. The Morgan fingerprint density at radius 3 is 2.29 bits per heavy atom. The summed E-state index contributed by atoms with van der Waals surface area (Å²) >= 11 is 0. The number of nitrogens with zero attached hydrogens (tertiary/aromatic N) is 2. The number of hydrogen-bond donors (Lipinski definition) is 2. The summed E-state index contributed by atoms with van der Waals surface area (Å²) in [5.41, 5.74) is 0.112. The Morgan fingerprint density at radius 1 is 1.03 bits per heavy atom. The molecule has 0 saturated carbocycles. The van der Waals surface area contributed by atoms with Gasteiger partial charge in [-0.1, -0.05) is 38.3 Å². The standard InChI is InChI=1S/C24H37N3O3.HI/c1-5-9-10-13-17-26-20-15-12-11-14-19(20)22(28)21(24(26)30)23(29)25-16-18-27(6-2,7-3)8-4;/h11-12,14-15H,5-10,13,16-18H2,1-4H3,(H-,25,28,29,30);1H. The molecular formula is C24H38IN3O3. The molecule has 0 aliphatic carbocycles. The van der Waals surface area contributed by atoms with E-state index in [9.17, 15) is 14.7 Å². The van der Waals surface area contributed by atoms with E-state index in [1.54, 1.807) is 10.6 Å². The highest BCUT2D eigenvalue weighted by Gasteiger charge is 2.24. The Morgan fingerprint density at radius 2 is 1.68 bits per heavy atom. The van der Waals surface area contributed by atoms with Gasteiger partial charge in [-0.25, -0.2) is 0 Å². The zero-order chi connectivity index (χ0) is 22.1. The molecule has 0 aliphatic heterocycles. The summed E-state index contributed by atoms with van der Waals surface area (Å²) < 4.78 is 2.55. The molecule has 2 aromatic rings. The average molecular weight is 543 g/mol. The predicted molar refractivity (Wildman–Crippen MR) is 123 cm³/mol. The number of rotatable bonds is 12. The Balaban J connectivity index is 0.00000480. The zero-order valence-electron chi connectivity index (χ0n) is 19.4. The minimum Gasteiger partial charge on any atom is -1.00 e.